The minimum absolute atomic E-state index is 0.0505. The van der Waals surface area contributed by atoms with Gasteiger partial charge < -0.3 is 0 Å². The van der Waals surface area contributed by atoms with Crippen LogP contribution in [0.1, 0.15) is 12.0 Å². The highest BCUT2D eigenvalue weighted by Crippen LogP contribution is 2.24. The van der Waals surface area contributed by atoms with E-state index in [9.17, 15) is 13.2 Å². The van der Waals surface area contributed by atoms with E-state index in [1.54, 1.807) is 18.2 Å². The van der Waals surface area contributed by atoms with Crippen molar-refractivity contribution in [2.24, 2.45) is 11.0 Å². The van der Waals surface area contributed by atoms with Gasteiger partial charge in [-0.15, -0.1) is 0 Å². The number of rotatable bonds is 3. The minimum atomic E-state index is -3.08. The van der Waals surface area contributed by atoms with Gasteiger partial charge in [-0.2, -0.15) is 5.10 Å². The summed E-state index contributed by atoms with van der Waals surface area (Å²) in [5, 5.41) is 4.51. The molecule has 0 spiro atoms. The lowest BCUT2D eigenvalue weighted by Crippen LogP contribution is -2.27. The number of nitrogens with one attached hydrogen (secondary N) is 1. The van der Waals surface area contributed by atoms with Crippen LogP contribution in [0.15, 0.2) is 23.3 Å². The summed E-state index contributed by atoms with van der Waals surface area (Å²) in [5.74, 6) is -1.01. The van der Waals surface area contributed by atoms with Gasteiger partial charge in [-0.25, -0.2) is 13.8 Å². The second-order valence-electron chi connectivity index (χ2n) is 4.48. The SMILES string of the molecule is O=C(N/N=C\c1cccc(Cl)c1Cl)[C@H]1CCS(=O)(=O)C1. The van der Waals surface area contributed by atoms with Gasteiger partial charge in [0.15, 0.2) is 9.84 Å². The van der Waals surface area contributed by atoms with Gasteiger partial charge in [-0.3, -0.25) is 4.79 Å². The molecule has 1 atom stereocenters. The molecule has 8 heteroatoms. The zero-order valence-electron chi connectivity index (χ0n) is 10.3. The van der Waals surface area contributed by atoms with E-state index in [1.807, 2.05) is 0 Å². The van der Waals surface area contributed by atoms with Crippen molar-refractivity contribution in [2.75, 3.05) is 11.5 Å². The highest BCUT2D eigenvalue weighted by atomic mass is 35.5. The number of halogens is 2. The third kappa shape index (κ3) is 3.71. The van der Waals surface area contributed by atoms with Crippen molar-refractivity contribution < 1.29 is 13.2 Å². The first-order chi connectivity index (χ1) is 9.39. The molecule has 0 aliphatic carbocycles. The Morgan fingerprint density at radius 1 is 1.40 bits per heavy atom. The molecule has 1 aliphatic rings. The molecule has 0 saturated carbocycles. The summed E-state index contributed by atoms with van der Waals surface area (Å²) in [4.78, 5) is 11.7. The number of carbonyl (C=O) groups is 1. The highest BCUT2D eigenvalue weighted by molar-refractivity contribution is 7.91. The third-order valence-electron chi connectivity index (χ3n) is 2.96. The van der Waals surface area contributed by atoms with E-state index in [1.165, 1.54) is 6.21 Å². The maximum atomic E-state index is 11.7. The van der Waals surface area contributed by atoms with E-state index < -0.39 is 21.7 Å². The zero-order valence-corrected chi connectivity index (χ0v) is 12.7. The van der Waals surface area contributed by atoms with Gasteiger partial charge in [0.2, 0.25) is 5.91 Å². The van der Waals surface area contributed by atoms with Gasteiger partial charge in [0.25, 0.3) is 0 Å². The van der Waals surface area contributed by atoms with E-state index in [0.717, 1.165) is 0 Å². The summed E-state index contributed by atoms with van der Waals surface area (Å²) >= 11 is 11.8. The number of hydrogen-bond acceptors (Lipinski definition) is 4. The predicted octanol–water partition coefficient (Wildman–Crippen LogP) is 1.88. The Labute approximate surface area is 126 Å². The number of nitrogens with zero attached hydrogens (tertiary/aromatic N) is 1. The maximum Gasteiger partial charge on any atom is 0.244 e. The Bertz CT molecular complexity index is 659. The van der Waals surface area contributed by atoms with E-state index in [4.69, 9.17) is 23.2 Å². The third-order valence-corrected chi connectivity index (χ3v) is 5.56. The monoisotopic (exact) mass is 334 g/mol. The Morgan fingerprint density at radius 2 is 2.15 bits per heavy atom. The molecule has 0 unspecified atom stereocenters. The van der Waals surface area contributed by atoms with E-state index in [-0.39, 0.29) is 11.5 Å². The maximum absolute atomic E-state index is 11.7. The Balaban J connectivity index is 1.97. The van der Waals surface area contributed by atoms with Gasteiger partial charge in [-0.1, -0.05) is 35.3 Å². The molecule has 5 nitrogen and oxygen atoms in total. The molecule has 0 aromatic heterocycles. The van der Waals surface area contributed by atoms with Crippen LogP contribution < -0.4 is 5.43 Å². The van der Waals surface area contributed by atoms with Crippen molar-refractivity contribution in [2.45, 2.75) is 6.42 Å². The number of amides is 1. The molecular formula is C12H12Cl2N2O3S. The lowest BCUT2D eigenvalue weighted by Gasteiger charge is -2.05. The molecule has 1 amide bonds. The van der Waals surface area contributed by atoms with Crippen LogP contribution in [0.3, 0.4) is 0 Å². The van der Waals surface area contributed by atoms with Crippen molar-refractivity contribution in [1.82, 2.24) is 5.43 Å². The largest absolute Gasteiger partial charge is 0.273 e. The van der Waals surface area contributed by atoms with Gasteiger partial charge in [0, 0.05) is 5.56 Å². The first-order valence-electron chi connectivity index (χ1n) is 5.86. The van der Waals surface area contributed by atoms with Crippen LogP contribution in [0.4, 0.5) is 0 Å². The molecule has 1 aromatic carbocycles. The lowest BCUT2D eigenvalue weighted by molar-refractivity contribution is -0.124. The molecule has 1 N–H and O–H groups in total. The molecule has 1 saturated heterocycles. The quantitative estimate of drug-likeness (QED) is 0.677. The standard InChI is InChI=1S/C12H12Cl2N2O3S/c13-10-3-1-2-8(11(10)14)6-15-16-12(17)9-4-5-20(18,19)7-9/h1-3,6,9H,4-5,7H2,(H,16,17)/b15-6-/t9-/m0/s1. The van der Waals surface area contributed by atoms with Crippen molar-refractivity contribution >= 4 is 45.2 Å². The number of benzene rings is 1. The second-order valence-corrected chi connectivity index (χ2v) is 7.49. The molecule has 1 aliphatic heterocycles. The summed E-state index contributed by atoms with van der Waals surface area (Å²) in [6.07, 6.45) is 1.71. The molecule has 108 valence electrons. The summed E-state index contributed by atoms with van der Waals surface area (Å²) in [6.45, 7) is 0. The van der Waals surface area contributed by atoms with Crippen molar-refractivity contribution in [3.63, 3.8) is 0 Å². The molecule has 1 aromatic rings. The number of hydrogen-bond donors (Lipinski definition) is 1. The summed E-state index contributed by atoms with van der Waals surface area (Å²) in [6, 6.07) is 5.05. The number of hydrazone groups is 1. The topological polar surface area (TPSA) is 75.6 Å². The summed E-state index contributed by atoms with van der Waals surface area (Å²) < 4.78 is 22.5. The molecular weight excluding hydrogens is 323 g/mol. The predicted molar refractivity (Wildman–Crippen MR) is 79.0 cm³/mol. The first-order valence-corrected chi connectivity index (χ1v) is 8.44. The Hall–Kier alpha value is -1.11. The van der Waals surface area contributed by atoms with Crippen LogP contribution in [0.5, 0.6) is 0 Å². The van der Waals surface area contributed by atoms with E-state index in [2.05, 4.69) is 10.5 Å². The average molecular weight is 335 g/mol. The van der Waals surface area contributed by atoms with Crippen molar-refractivity contribution in [3.05, 3.63) is 33.8 Å². The van der Waals surface area contributed by atoms with Gasteiger partial charge >= 0.3 is 0 Å². The average Bonchev–Trinajstić information content (AvgIpc) is 2.75. The fourth-order valence-electron chi connectivity index (χ4n) is 1.88. The fourth-order valence-corrected chi connectivity index (χ4v) is 3.98. The Kier molecular flexibility index (Phi) is 4.67. The minimum Gasteiger partial charge on any atom is -0.273 e. The van der Waals surface area contributed by atoms with E-state index >= 15 is 0 Å². The molecule has 0 bridgehead atoms. The van der Waals surface area contributed by atoms with Crippen LogP contribution in [-0.2, 0) is 14.6 Å². The second kappa shape index (κ2) is 6.11. The first kappa shape index (κ1) is 15.3. The van der Waals surface area contributed by atoms with Crippen molar-refractivity contribution in [1.29, 1.82) is 0 Å². The van der Waals surface area contributed by atoms with Gasteiger partial charge in [-0.05, 0) is 12.5 Å². The van der Waals surface area contributed by atoms with Crippen LogP contribution in [0.2, 0.25) is 10.0 Å². The van der Waals surface area contributed by atoms with Crippen LogP contribution in [-0.4, -0.2) is 32.0 Å². The van der Waals surface area contributed by atoms with Gasteiger partial charge in [0.05, 0.1) is 33.7 Å². The molecule has 2 rings (SSSR count). The molecule has 20 heavy (non-hydrogen) atoms. The summed E-state index contributed by atoms with van der Waals surface area (Å²) in [7, 11) is -3.08. The van der Waals surface area contributed by atoms with Crippen LogP contribution in [0.25, 0.3) is 0 Å². The molecule has 0 radical (unpaired) electrons. The molecule has 1 heterocycles. The number of sulfone groups is 1. The lowest BCUT2D eigenvalue weighted by atomic mass is 10.1. The Morgan fingerprint density at radius 3 is 2.80 bits per heavy atom. The molecule has 1 fully saturated rings. The van der Waals surface area contributed by atoms with Crippen LogP contribution >= 0.6 is 23.2 Å². The highest BCUT2D eigenvalue weighted by Gasteiger charge is 2.32. The normalized spacial score (nSPS) is 21.2. The number of carbonyl (C=O) groups excluding carboxylic acids is 1. The summed E-state index contributed by atoms with van der Waals surface area (Å²) in [5.41, 5.74) is 2.89. The van der Waals surface area contributed by atoms with E-state index in [0.29, 0.717) is 22.0 Å². The zero-order chi connectivity index (χ0) is 14.8. The van der Waals surface area contributed by atoms with Crippen LogP contribution in [0, 0.1) is 5.92 Å². The van der Waals surface area contributed by atoms with Crippen molar-refractivity contribution in [3.8, 4) is 0 Å². The van der Waals surface area contributed by atoms with Gasteiger partial charge in [0.1, 0.15) is 0 Å². The smallest absolute Gasteiger partial charge is 0.244 e. The fraction of sp³-hybridized carbons (Fsp3) is 0.333.